The zero-order chi connectivity index (χ0) is 11.3. The SMILES string of the molecule is CC1(C)C(I)CSc2nc3ccccc3n21.I. The van der Waals surface area contributed by atoms with Crippen molar-refractivity contribution in [2.45, 2.75) is 28.5 Å². The summed E-state index contributed by atoms with van der Waals surface area (Å²) >= 11 is 4.43. The summed E-state index contributed by atoms with van der Waals surface area (Å²) in [7, 11) is 0. The Morgan fingerprint density at radius 2 is 2.12 bits per heavy atom. The summed E-state index contributed by atoms with van der Waals surface area (Å²) in [4.78, 5) is 4.71. The van der Waals surface area contributed by atoms with Crippen LogP contribution >= 0.6 is 58.3 Å². The van der Waals surface area contributed by atoms with Gasteiger partial charge in [-0.3, -0.25) is 0 Å². The molecule has 0 bridgehead atoms. The van der Waals surface area contributed by atoms with E-state index in [0.29, 0.717) is 3.92 Å². The minimum atomic E-state index is 0. The molecule has 17 heavy (non-hydrogen) atoms. The van der Waals surface area contributed by atoms with E-state index in [2.05, 4.69) is 65.3 Å². The van der Waals surface area contributed by atoms with Gasteiger partial charge in [0.25, 0.3) is 0 Å². The van der Waals surface area contributed by atoms with Crippen molar-refractivity contribution in [2.75, 3.05) is 5.75 Å². The number of para-hydroxylation sites is 2. The predicted octanol–water partition coefficient (Wildman–Crippen LogP) is 4.30. The van der Waals surface area contributed by atoms with Crippen molar-refractivity contribution < 1.29 is 0 Å². The van der Waals surface area contributed by atoms with Gasteiger partial charge in [-0.25, -0.2) is 4.98 Å². The molecule has 3 rings (SSSR count). The lowest BCUT2D eigenvalue weighted by Crippen LogP contribution is -2.40. The second kappa shape index (κ2) is 4.88. The molecule has 1 aromatic heterocycles. The highest BCUT2D eigenvalue weighted by molar-refractivity contribution is 14.1. The Bertz CT molecular complexity index is 550. The molecule has 0 spiro atoms. The van der Waals surface area contributed by atoms with Crippen LogP contribution in [0.25, 0.3) is 11.0 Å². The molecule has 92 valence electrons. The lowest BCUT2D eigenvalue weighted by Gasteiger charge is -2.37. The van der Waals surface area contributed by atoms with E-state index in [1.807, 2.05) is 11.8 Å². The molecule has 0 saturated heterocycles. The largest absolute Gasteiger partial charge is 0.312 e. The average molecular weight is 472 g/mol. The van der Waals surface area contributed by atoms with Crippen molar-refractivity contribution in [2.24, 2.45) is 0 Å². The predicted molar refractivity (Wildman–Crippen MR) is 93.0 cm³/mol. The van der Waals surface area contributed by atoms with E-state index in [1.165, 1.54) is 10.7 Å². The Morgan fingerprint density at radius 3 is 2.88 bits per heavy atom. The first-order valence-electron chi connectivity index (χ1n) is 5.35. The summed E-state index contributed by atoms with van der Waals surface area (Å²) in [5.74, 6) is 1.15. The third kappa shape index (κ3) is 2.11. The van der Waals surface area contributed by atoms with Crippen LogP contribution in [0.15, 0.2) is 29.4 Å². The molecule has 2 nitrogen and oxygen atoms in total. The highest BCUT2D eigenvalue weighted by atomic mass is 127. The highest BCUT2D eigenvalue weighted by Gasteiger charge is 2.36. The van der Waals surface area contributed by atoms with Crippen LogP contribution in [0.4, 0.5) is 0 Å². The van der Waals surface area contributed by atoms with Gasteiger partial charge in [-0.05, 0) is 26.0 Å². The molecule has 1 aliphatic heterocycles. The fourth-order valence-electron chi connectivity index (χ4n) is 2.15. The summed E-state index contributed by atoms with van der Waals surface area (Å²) in [6, 6.07) is 8.41. The zero-order valence-electron chi connectivity index (χ0n) is 9.68. The van der Waals surface area contributed by atoms with Gasteiger partial charge in [0.05, 0.1) is 16.6 Å². The van der Waals surface area contributed by atoms with E-state index in [9.17, 15) is 0 Å². The van der Waals surface area contributed by atoms with Crippen LogP contribution in [0, 0.1) is 0 Å². The molecule has 0 saturated carbocycles. The summed E-state index contributed by atoms with van der Waals surface area (Å²) < 4.78 is 3.04. The first kappa shape index (κ1) is 13.9. The Kier molecular flexibility index (Phi) is 4.00. The van der Waals surface area contributed by atoms with Crippen molar-refractivity contribution in [3.05, 3.63) is 24.3 Å². The quantitative estimate of drug-likeness (QED) is 0.421. The number of benzene rings is 1. The normalized spacial score (nSPS) is 21.9. The van der Waals surface area contributed by atoms with E-state index < -0.39 is 0 Å². The van der Waals surface area contributed by atoms with E-state index in [-0.39, 0.29) is 29.5 Å². The number of thioether (sulfide) groups is 1. The van der Waals surface area contributed by atoms with Crippen LogP contribution in [-0.4, -0.2) is 19.2 Å². The van der Waals surface area contributed by atoms with Gasteiger partial charge in [0.1, 0.15) is 0 Å². The van der Waals surface area contributed by atoms with E-state index in [1.54, 1.807) is 0 Å². The van der Waals surface area contributed by atoms with Gasteiger partial charge in [0.2, 0.25) is 0 Å². The molecule has 0 amide bonds. The molecule has 0 aliphatic carbocycles. The summed E-state index contributed by atoms with van der Waals surface area (Å²) in [6.45, 7) is 4.61. The van der Waals surface area contributed by atoms with Gasteiger partial charge in [0.15, 0.2) is 5.16 Å². The molecular weight excluding hydrogens is 458 g/mol. The first-order chi connectivity index (χ1) is 7.60. The van der Waals surface area contributed by atoms with Crippen molar-refractivity contribution >= 4 is 69.4 Å². The number of hydrogen-bond acceptors (Lipinski definition) is 2. The van der Waals surface area contributed by atoms with Crippen LogP contribution in [-0.2, 0) is 5.54 Å². The van der Waals surface area contributed by atoms with E-state index in [4.69, 9.17) is 4.98 Å². The fraction of sp³-hybridized carbons (Fsp3) is 0.417. The second-order valence-corrected chi connectivity index (χ2v) is 7.14. The molecule has 1 unspecified atom stereocenters. The topological polar surface area (TPSA) is 17.8 Å². The zero-order valence-corrected chi connectivity index (χ0v) is 15.0. The number of nitrogens with zero attached hydrogens (tertiary/aromatic N) is 2. The lowest BCUT2D eigenvalue weighted by atomic mass is 10.0. The van der Waals surface area contributed by atoms with Crippen molar-refractivity contribution in [3.63, 3.8) is 0 Å². The number of hydrogen-bond donors (Lipinski definition) is 0. The summed E-state index contributed by atoms with van der Waals surface area (Å²) in [5, 5.41) is 1.17. The van der Waals surface area contributed by atoms with Gasteiger partial charge in [-0.1, -0.05) is 46.5 Å². The maximum Gasteiger partial charge on any atom is 0.169 e. The van der Waals surface area contributed by atoms with Gasteiger partial charge >= 0.3 is 0 Å². The third-order valence-corrected chi connectivity index (χ3v) is 6.83. The molecule has 1 aliphatic rings. The molecular formula is C12H14I2N2S. The molecule has 1 atom stereocenters. The number of imidazole rings is 1. The van der Waals surface area contributed by atoms with Gasteiger partial charge < -0.3 is 4.57 Å². The number of aromatic nitrogens is 2. The Hall–Kier alpha value is 0.500. The first-order valence-corrected chi connectivity index (χ1v) is 7.58. The molecule has 0 fully saturated rings. The molecule has 2 heterocycles. The molecule has 2 aromatic rings. The van der Waals surface area contributed by atoms with Crippen molar-refractivity contribution in [3.8, 4) is 0 Å². The number of rotatable bonds is 0. The molecule has 1 aromatic carbocycles. The van der Waals surface area contributed by atoms with Gasteiger partial charge in [-0.2, -0.15) is 0 Å². The number of fused-ring (bicyclic) bond motifs is 3. The maximum absolute atomic E-state index is 4.71. The maximum atomic E-state index is 4.71. The summed E-state index contributed by atoms with van der Waals surface area (Å²) in [6.07, 6.45) is 0. The van der Waals surface area contributed by atoms with E-state index >= 15 is 0 Å². The number of alkyl halides is 1. The van der Waals surface area contributed by atoms with Crippen molar-refractivity contribution in [1.29, 1.82) is 0 Å². The lowest BCUT2D eigenvalue weighted by molar-refractivity contribution is 0.341. The monoisotopic (exact) mass is 472 g/mol. The standard InChI is InChI=1S/C12H13IN2S.HI/c1-12(2)10(13)7-16-11-14-8-5-3-4-6-9(8)15(11)12;/h3-6,10H,7H2,1-2H3;1H. The molecule has 0 N–H and O–H groups in total. The van der Waals surface area contributed by atoms with Crippen LogP contribution in [0.2, 0.25) is 0 Å². The Balaban J connectivity index is 0.00000108. The third-order valence-electron chi connectivity index (χ3n) is 3.23. The highest BCUT2D eigenvalue weighted by Crippen LogP contribution is 2.41. The minimum Gasteiger partial charge on any atom is -0.312 e. The van der Waals surface area contributed by atoms with Crippen LogP contribution in [0.3, 0.4) is 0 Å². The smallest absolute Gasteiger partial charge is 0.169 e. The molecule has 5 heteroatoms. The number of halogens is 2. The van der Waals surface area contributed by atoms with Crippen molar-refractivity contribution in [1.82, 2.24) is 9.55 Å². The summed E-state index contributed by atoms with van der Waals surface area (Å²) in [5.41, 5.74) is 2.52. The van der Waals surface area contributed by atoms with Crippen LogP contribution in [0.5, 0.6) is 0 Å². The molecule has 0 radical (unpaired) electrons. The Labute approximate surface area is 136 Å². The average Bonchev–Trinajstić information content (AvgIpc) is 2.63. The van der Waals surface area contributed by atoms with Gasteiger partial charge in [0, 0.05) is 9.68 Å². The van der Waals surface area contributed by atoms with Gasteiger partial charge in [-0.15, -0.1) is 24.0 Å². The second-order valence-electron chi connectivity index (χ2n) is 4.65. The fourth-order valence-corrected chi connectivity index (χ4v) is 4.30. The van der Waals surface area contributed by atoms with Crippen LogP contribution in [0.1, 0.15) is 13.8 Å². The minimum absolute atomic E-state index is 0. The Morgan fingerprint density at radius 1 is 1.41 bits per heavy atom. The van der Waals surface area contributed by atoms with Crippen LogP contribution < -0.4 is 0 Å². The van der Waals surface area contributed by atoms with E-state index in [0.717, 1.165) is 11.3 Å².